The van der Waals surface area contributed by atoms with Gasteiger partial charge in [-0.3, -0.25) is 4.79 Å². The average molecular weight is 366 g/mol. The molecule has 0 saturated heterocycles. The van der Waals surface area contributed by atoms with Crippen LogP contribution in [0, 0.1) is 0 Å². The van der Waals surface area contributed by atoms with Crippen molar-refractivity contribution < 1.29 is 9.53 Å². The van der Waals surface area contributed by atoms with E-state index in [1.807, 2.05) is 24.3 Å². The van der Waals surface area contributed by atoms with E-state index in [1.165, 1.54) is 5.56 Å². The molecule has 0 aromatic heterocycles. The molecule has 0 heterocycles. The topological polar surface area (TPSA) is 38.3 Å². The molecule has 0 spiro atoms. The summed E-state index contributed by atoms with van der Waals surface area (Å²) in [5.41, 5.74) is 1.87. The lowest BCUT2D eigenvalue weighted by Gasteiger charge is -2.20. The van der Waals surface area contributed by atoms with Gasteiger partial charge in [-0.05, 0) is 48.2 Å². The van der Waals surface area contributed by atoms with Crippen LogP contribution in [0.3, 0.4) is 0 Å². The van der Waals surface area contributed by atoms with Crippen molar-refractivity contribution in [3.63, 3.8) is 0 Å². The van der Waals surface area contributed by atoms with Crippen LogP contribution in [0.2, 0.25) is 10.0 Å². The molecule has 0 radical (unpaired) electrons. The summed E-state index contributed by atoms with van der Waals surface area (Å²) < 4.78 is 5.70. The minimum absolute atomic E-state index is 0.0787. The Hall–Kier alpha value is -1.71. The van der Waals surface area contributed by atoms with Crippen LogP contribution in [0.15, 0.2) is 42.5 Å². The van der Waals surface area contributed by atoms with Crippen molar-refractivity contribution in [2.24, 2.45) is 0 Å². The largest absolute Gasteiger partial charge is 0.481 e. The molecule has 2 aromatic carbocycles. The van der Waals surface area contributed by atoms with E-state index < -0.39 is 6.10 Å². The molecular weight excluding hydrogens is 345 g/mol. The Morgan fingerprint density at radius 2 is 1.67 bits per heavy atom. The lowest BCUT2D eigenvalue weighted by Crippen LogP contribution is -2.30. The van der Waals surface area contributed by atoms with Gasteiger partial charge in [0.15, 0.2) is 6.10 Å². The van der Waals surface area contributed by atoms with E-state index >= 15 is 0 Å². The second-order valence-electron chi connectivity index (χ2n) is 6.65. The van der Waals surface area contributed by atoms with Crippen molar-refractivity contribution in [3.05, 3.63) is 58.1 Å². The fourth-order valence-corrected chi connectivity index (χ4v) is 2.41. The van der Waals surface area contributed by atoms with E-state index in [0.29, 0.717) is 21.5 Å². The summed E-state index contributed by atoms with van der Waals surface area (Å²) in [6.07, 6.45) is -0.639. The Balaban J connectivity index is 1.99. The first-order valence-electron chi connectivity index (χ1n) is 7.70. The first-order valence-corrected chi connectivity index (χ1v) is 8.45. The molecule has 0 fully saturated rings. The summed E-state index contributed by atoms with van der Waals surface area (Å²) >= 11 is 11.8. The molecule has 5 heteroatoms. The summed E-state index contributed by atoms with van der Waals surface area (Å²) in [6, 6.07) is 12.7. The summed E-state index contributed by atoms with van der Waals surface area (Å²) in [5, 5.41) is 3.59. The molecule has 2 aromatic rings. The lowest BCUT2D eigenvalue weighted by atomic mass is 9.87. The number of hydrogen-bond donors (Lipinski definition) is 1. The highest BCUT2D eigenvalue weighted by Crippen LogP contribution is 2.26. The molecule has 1 amide bonds. The highest BCUT2D eigenvalue weighted by molar-refractivity contribution is 6.42. The third-order valence-corrected chi connectivity index (χ3v) is 4.33. The van der Waals surface area contributed by atoms with Gasteiger partial charge in [0.2, 0.25) is 0 Å². The zero-order valence-electron chi connectivity index (χ0n) is 14.2. The maximum atomic E-state index is 12.2. The maximum absolute atomic E-state index is 12.2. The van der Waals surface area contributed by atoms with Gasteiger partial charge >= 0.3 is 0 Å². The molecule has 0 aliphatic rings. The quantitative estimate of drug-likeness (QED) is 0.754. The number of benzene rings is 2. The van der Waals surface area contributed by atoms with Gasteiger partial charge in [-0.1, -0.05) is 56.1 Å². The number of amides is 1. The van der Waals surface area contributed by atoms with Crippen LogP contribution in [0.5, 0.6) is 5.75 Å². The van der Waals surface area contributed by atoms with Gasteiger partial charge in [0, 0.05) is 5.69 Å². The van der Waals surface area contributed by atoms with Gasteiger partial charge in [0.25, 0.3) is 5.91 Å². The van der Waals surface area contributed by atoms with Crippen molar-refractivity contribution in [1.82, 2.24) is 0 Å². The predicted octanol–water partition coefficient (Wildman–Crippen LogP) is 5.70. The Kier molecular flexibility index (Phi) is 5.79. The van der Waals surface area contributed by atoms with Crippen molar-refractivity contribution in [2.45, 2.75) is 39.2 Å². The summed E-state index contributed by atoms with van der Waals surface area (Å²) in [7, 11) is 0. The van der Waals surface area contributed by atoms with Crippen LogP contribution in [-0.4, -0.2) is 12.0 Å². The first-order chi connectivity index (χ1) is 11.2. The molecule has 24 heavy (non-hydrogen) atoms. The molecule has 1 N–H and O–H groups in total. The van der Waals surface area contributed by atoms with Crippen LogP contribution in [-0.2, 0) is 10.2 Å². The van der Waals surface area contributed by atoms with Gasteiger partial charge in [-0.15, -0.1) is 0 Å². The van der Waals surface area contributed by atoms with Gasteiger partial charge in [0.05, 0.1) is 10.0 Å². The molecule has 0 aliphatic carbocycles. The number of rotatable bonds is 4. The van der Waals surface area contributed by atoms with E-state index in [0.717, 1.165) is 0 Å². The van der Waals surface area contributed by atoms with Crippen molar-refractivity contribution in [2.75, 3.05) is 5.32 Å². The normalized spacial score (nSPS) is 12.6. The maximum Gasteiger partial charge on any atom is 0.265 e. The van der Waals surface area contributed by atoms with Crippen LogP contribution < -0.4 is 10.1 Å². The average Bonchev–Trinajstić information content (AvgIpc) is 2.50. The summed E-state index contributed by atoms with van der Waals surface area (Å²) in [6.45, 7) is 8.15. The minimum atomic E-state index is -0.639. The van der Waals surface area contributed by atoms with Crippen LogP contribution in [0.1, 0.15) is 33.3 Å². The molecule has 0 unspecified atom stereocenters. The van der Waals surface area contributed by atoms with Crippen molar-refractivity contribution in [1.29, 1.82) is 0 Å². The van der Waals surface area contributed by atoms with Crippen molar-refractivity contribution in [3.8, 4) is 5.75 Å². The zero-order chi connectivity index (χ0) is 17.9. The zero-order valence-corrected chi connectivity index (χ0v) is 15.7. The molecule has 1 atom stereocenters. The number of nitrogens with one attached hydrogen (secondary N) is 1. The van der Waals surface area contributed by atoms with Gasteiger partial charge in [-0.2, -0.15) is 0 Å². The molecule has 0 saturated carbocycles. The van der Waals surface area contributed by atoms with Crippen LogP contribution >= 0.6 is 23.2 Å². The lowest BCUT2D eigenvalue weighted by molar-refractivity contribution is -0.122. The van der Waals surface area contributed by atoms with Gasteiger partial charge in [0.1, 0.15) is 5.75 Å². The van der Waals surface area contributed by atoms with Crippen LogP contribution in [0.25, 0.3) is 0 Å². The Labute approximate surface area is 152 Å². The second-order valence-corrected chi connectivity index (χ2v) is 7.47. The van der Waals surface area contributed by atoms with E-state index in [1.54, 1.807) is 25.1 Å². The number of halogens is 2. The first kappa shape index (κ1) is 18.6. The third kappa shape index (κ3) is 4.89. The van der Waals surface area contributed by atoms with Gasteiger partial charge < -0.3 is 10.1 Å². The van der Waals surface area contributed by atoms with Crippen LogP contribution in [0.4, 0.5) is 5.69 Å². The number of anilines is 1. The summed E-state index contributed by atoms with van der Waals surface area (Å²) in [5.74, 6) is 0.396. The molecular formula is C19H21Cl2NO2. The van der Waals surface area contributed by atoms with E-state index in [-0.39, 0.29) is 11.3 Å². The molecule has 2 rings (SSSR count). The second kappa shape index (κ2) is 7.45. The highest BCUT2D eigenvalue weighted by atomic mass is 35.5. The molecule has 3 nitrogen and oxygen atoms in total. The molecule has 128 valence electrons. The van der Waals surface area contributed by atoms with Crippen molar-refractivity contribution >= 4 is 34.8 Å². The SMILES string of the molecule is C[C@@H](Oc1ccc(C(C)(C)C)cc1)C(=O)Nc1ccc(Cl)c(Cl)c1. The Morgan fingerprint density at radius 3 is 2.21 bits per heavy atom. The third-order valence-electron chi connectivity index (χ3n) is 3.59. The fourth-order valence-electron chi connectivity index (χ4n) is 2.11. The molecule has 0 bridgehead atoms. The highest BCUT2D eigenvalue weighted by Gasteiger charge is 2.17. The van der Waals surface area contributed by atoms with Gasteiger partial charge in [-0.25, -0.2) is 0 Å². The summed E-state index contributed by atoms with van der Waals surface area (Å²) in [4.78, 5) is 12.2. The standard InChI is InChI=1S/C19H21Cl2NO2/c1-12(18(23)22-14-7-10-16(20)17(21)11-14)24-15-8-5-13(6-9-15)19(2,3)4/h5-12H,1-4H3,(H,22,23)/t12-/m1/s1. The van der Waals surface area contributed by atoms with E-state index in [4.69, 9.17) is 27.9 Å². The number of hydrogen-bond acceptors (Lipinski definition) is 2. The predicted molar refractivity (Wildman–Crippen MR) is 100 cm³/mol. The Morgan fingerprint density at radius 1 is 1.04 bits per heavy atom. The number of carbonyl (C=O) groups is 1. The Bertz CT molecular complexity index is 721. The number of carbonyl (C=O) groups excluding carboxylic acids is 1. The fraction of sp³-hybridized carbons (Fsp3) is 0.316. The van der Waals surface area contributed by atoms with E-state index in [9.17, 15) is 4.79 Å². The minimum Gasteiger partial charge on any atom is -0.481 e. The van der Waals surface area contributed by atoms with E-state index in [2.05, 4.69) is 26.1 Å². The number of ether oxygens (including phenoxy) is 1. The molecule has 0 aliphatic heterocycles. The monoisotopic (exact) mass is 365 g/mol. The smallest absolute Gasteiger partial charge is 0.265 e.